The molecule has 6 heteroatoms. The summed E-state index contributed by atoms with van der Waals surface area (Å²) in [5.41, 5.74) is 10.2. The zero-order chi connectivity index (χ0) is 38.0. The number of hydrogen-bond acceptors (Lipinski definition) is 4. The summed E-state index contributed by atoms with van der Waals surface area (Å²) >= 11 is 0. The van der Waals surface area contributed by atoms with Gasteiger partial charge in [-0.05, 0) is 64.5 Å². The zero-order valence-electron chi connectivity index (χ0n) is 33.5. The summed E-state index contributed by atoms with van der Waals surface area (Å²) in [6.07, 6.45) is 6.10. The number of hydrogen-bond donors (Lipinski definition) is 0. The molecule has 0 spiro atoms. The molecule has 0 aliphatic carbocycles. The summed E-state index contributed by atoms with van der Waals surface area (Å²) in [6, 6.07) is 39.9. The predicted molar refractivity (Wildman–Crippen MR) is 225 cm³/mol. The number of benzene rings is 3. The van der Waals surface area contributed by atoms with Crippen molar-refractivity contribution in [2.45, 2.75) is 86.4 Å². The fourth-order valence-electron chi connectivity index (χ4n) is 6.98. The van der Waals surface area contributed by atoms with E-state index in [0.717, 1.165) is 57.4 Å². The minimum atomic E-state index is -1.34. The third-order valence-corrected chi connectivity index (χ3v) is 11.7. The number of furan rings is 1. The fourth-order valence-corrected chi connectivity index (χ4v) is 8.57. The predicted octanol–water partition coefficient (Wildman–Crippen LogP) is 12.0. The number of pyridine rings is 3. The molecule has 54 heavy (non-hydrogen) atoms. The largest absolute Gasteiger partial charge is 0.486 e. The SMILES string of the molecule is CC(C)(C)Cc1ccnc(-c2[c-]ccc3c2oc2nc(C(C)(C)c4ccccc4)ccc23)c1.CC(C)Cc1cc(-c2[c-]cccc2)ncc1[Si](C)(C)C.[Ir]. The van der Waals surface area contributed by atoms with Gasteiger partial charge in [-0.3, -0.25) is 0 Å². The van der Waals surface area contributed by atoms with Gasteiger partial charge >= 0.3 is 0 Å². The van der Waals surface area contributed by atoms with Crippen LogP contribution >= 0.6 is 0 Å². The zero-order valence-corrected chi connectivity index (χ0v) is 36.9. The average Bonchev–Trinajstić information content (AvgIpc) is 3.50. The Hall–Kier alpha value is -4.22. The van der Waals surface area contributed by atoms with Gasteiger partial charge in [0.2, 0.25) is 5.71 Å². The van der Waals surface area contributed by atoms with Crippen molar-refractivity contribution in [3.8, 4) is 22.5 Å². The maximum atomic E-state index is 6.37. The van der Waals surface area contributed by atoms with Crippen molar-refractivity contribution in [3.05, 3.63) is 144 Å². The Balaban J connectivity index is 0.000000230. The standard InChI is InChI=1S/C30H29N2O.C18H24NSi.Ir/c1-29(2,3)19-20-16-17-31-25(18-20)24-13-9-12-22-23-14-15-26(32-28(23)33-27(22)24)30(4,5)21-10-7-6-8-11-21;1-14(2)11-16-12-17(15-9-7-6-8-10-15)19-13-18(16)20(3,4)5;/h6-12,14-18H,19H2,1-5H3;6-9,12-14H,11H2,1-5H3;/q2*-1;. The third kappa shape index (κ3) is 9.52. The molecule has 0 saturated carbocycles. The van der Waals surface area contributed by atoms with E-state index in [0.29, 0.717) is 11.6 Å². The van der Waals surface area contributed by atoms with Crippen molar-refractivity contribution in [1.82, 2.24) is 15.0 Å². The molecule has 7 aromatic rings. The van der Waals surface area contributed by atoms with Crippen LogP contribution in [0.3, 0.4) is 0 Å². The van der Waals surface area contributed by atoms with Crippen molar-refractivity contribution in [1.29, 1.82) is 0 Å². The minimum absolute atomic E-state index is 0. The Bertz CT molecular complexity index is 2320. The topological polar surface area (TPSA) is 51.8 Å². The minimum Gasteiger partial charge on any atom is -0.486 e. The first kappa shape index (κ1) is 41.0. The van der Waals surface area contributed by atoms with Crippen molar-refractivity contribution < 1.29 is 24.5 Å². The van der Waals surface area contributed by atoms with Crippen LogP contribution in [-0.4, -0.2) is 23.0 Å². The van der Waals surface area contributed by atoms with Gasteiger partial charge in [-0.1, -0.05) is 133 Å². The van der Waals surface area contributed by atoms with Crippen molar-refractivity contribution in [2.24, 2.45) is 11.3 Å². The van der Waals surface area contributed by atoms with Gasteiger partial charge < -0.3 is 14.4 Å². The molecule has 4 heterocycles. The van der Waals surface area contributed by atoms with Crippen molar-refractivity contribution >= 4 is 35.3 Å². The molecular weight excluding hydrogens is 855 g/mol. The monoisotopic (exact) mass is 908 g/mol. The molecule has 7 rings (SSSR count). The van der Waals surface area contributed by atoms with Crippen molar-refractivity contribution in [3.63, 3.8) is 0 Å². The molecule has 0 aliphatic rings. The van der Waals surface area contributed by atoms with Gasteiger partial charge in [-0.2, -0.15) is 0 Å². The summed E-state index contributed by atoms with van der Waals surface area (Å²) < 4.78 is 6.37. The molecule has 0 atom stereocenters. The first-order chi connectivity index (χ1) is 25.1. The average molecular weight is 908 g/mol. The van der Waals surface area contributed by atoms with Crippen LogP contribution in [0, 0.1) is 23.5 Å². The molecule has 0 aliphatic heterocycles. The van der Waals surface area contributed by atoms with E-state index in [4.69, 9.17) is 9.40 Å². The number of nitrogens with zero attached hydrogens (tertiary/aromatic N) is 3. The normalized spacial score (nSPS) is 12.1. The molecule has 0 N–H and O–H groups in total. The van der Waals surface area contributed by atoms with Crippen molar-refractivity contribution in [2.75, 3.05) is 0 Å². The number of rotatable bonds is 8. The van der Waals surface area contributed by atoms with Gasteiger partial charge in [-0.15, -0.1) is 54.1 Å². The van der Waals surface area contributed by atoms with E-state index in [1.165, 1.54) is 21.9 Å². The van der Waals surface area contributed by atoms with Gasteiger partial charge in [0.25, 0.3) is 0 Å². The summed E-state index contributed by atoms with van der Waals surface area (Å²) in [7, 11) is -1.34. The van der Waals surface area contributed by atoms with Gasteiger partial charge in [0.05, 0.1) is 19.4 Å². The molecule has 4 nitrogen and oxygen atoms in total. The van der Waals surface area contributed by atoms with Crippen LogP contribution in [0.15, 0.2) is 114 Å². The second kappa shape index (κ2) is 16.6. The molecular formula is C48H53IrN3OSi-2. The molecule has 3 aromatic carbocycles. The third-order valence-electron chi connectivity index (χ3n) is 9.66. The van der Waals surface area contributed by atoms with Gasteiger partial charge in [0.1, 0.15) is 0 Å². The molecule has 0 unspecified atom stereocenters. The summed E-state index contributed by atoms with van der Waals surface area (Å²) in [5, 5.41) is 3.54. The second-order valence-corrected chi connectivity index (χ2v) is 22.4. The van der Waals surface area contributed by atoms with E-state index in [9.17, 15) is 0 Å². The fraction of sp³-hybridized carbons (Fsp3) is 0.312. The molecule has 0 bridgehead atoms. The van der Waals surface area contributed by atoms with E-state index in [2.05, 4.69) is 157 Å². The van der Waals surface area contributed by atoms with Crippen LogP contribution < -0.4 is 5.19 Å². The number of aromatic nitrogens is 3. The molecule has 281 valence electrons. The Morgan fingerprint density at radius 1 is 0.759 bits per heavy atom. The van der Waals surface area contributed by atoms with Crippen LogP contribution in [0.1, 0.15) is 70.9 Å². The second-order valence-electron chi connectivity index (χ2n) is 17.4. The molecule has 1 radical (unpaired) electrons. The summed E-state index contributed by atoms with van der Waals surface area (Å²) in [6.45, 7) is 22.9. The van der Waals surface area contributed by atoms with Gasteiger partial charge in [0.15, 0.2) is 0 Å². The maximum Gasteiger partial charge on any atom is 0.216 e. The van der Waals surface area contributed by atoms with Gasteiger partial charge in [-0.25, -0.2) is 4.98 Å². The maximum absolute atomic E-state index is 6.37. The molecule has 0 saturated heterocycles. The van der Waals surface area contributed by atoms with Crippen LogP contribution in [0.5, 0.6) is 0 Å². The van der Waals surface area contributed by atoms with Crippen LogP contribution in [-0.2, 0) is 38.4 Å². The van der Waals surface area contributed by atoms with Crippen LogP contribution in [0.2, 0.25) is 19.6 Å². The first-order valence-electron chi connectivity index (χ1n) is 18.8. The Morgan fingerprint density at radius 3 is 2.17 bits per heavy atom. The quantitative estimate of drug-likeness (QED) is 0.113. The Kier molecular flexibility index (Phi) is 12.6. The molecule has 0 fully saturated rings. The van der Waals surface area contributed by atoms with Crippen LogP contribution in [0.4, 0.5) is 0 Å². The molecule has 0 amide bonds. The van der Waals surface area contributed by atoms with E-state index in [1.807, 2.05) is 42.6 Å². The smallest absolute Gasteiger partial charge is 0.216 e. The Labute approximate surface area is 337 Å². The summed E-state index contributed by atoms with van der Waals surface area (Å²) in [5.74, 6) is 0.667. The first-order valence-corrected chi connectivity index (χ1v) is 22.3. The summed E-state index contributed by atoms with van der Waals surface area (Å²) in [4.78, 5) is 14.3. The van der Waals surface area contributed by atoms with Gasteiger partial charge in [0, 0.05) is 43.3 Å². The number of fused-ring (bicyclic) bond motifs is 3. The van der Waals surface area contributed by atoms with E-state index in [-0.39, 0.29) is 30.9 Å². The molecule has 4 aromatic heterocycles. The van der Waals surface area contributed by atoms with E-state index in [1.54, 1.807) is 0 Å². The van der Waals surface area contributed by atoms with Crippen LogP contribution in [0.25, 0.3) is 44.6 Å². The van der Waals surface area contributed by atoms with E-state index < -0.39 is 8.07 Å². The van der Waals surface area contributed by atoms with E-state index >= 15 is 0 Å². The Morgan fingerprint density at radius 2 is 1.50 bits per heavy atom.